The molecule has 6 heteroatoms. The van der Waals surface area contributed by atoms with Gasteiger partial charge >= 0.3 is 0 Å². The zero-order valence-corrected chi connectivity index (χ0v) is 20.4. The van der Waals surface area contributed by atoms with Crippen LogP contribution in [0.2, 0.25) is 0 Å². The SMILES string of the molecule is Cc1cccc(S(=O)(=O)N2CCCCN3[C@@H](CO)[C@@H](c4ccc(-c5ccccc5)cc4)[C@@H]3C2)c1. The van der Waals surface area contributed by atoms with Crippen LogP contribution in [-0.4, -0.2) is 61.1 Å². The van der Waals surface area contributed by atoms with E-state index in [0.29, 0.717) is 18.0 Å². The number of nitrogens with zero attached hydrogens (tertiary/aromatic N) is 2. The lowest BCUT2D eigenvalue weighted by atomic mass is 9.74. The molecule has 5 nitrogen and oxygen atoms in total. The van der Waals surface area contributed by atoms with Crippen LogP contribution in [0, 0.1) is 6.92 Å². The molecule has 1 N–H and O–H groups in total. The second-order valence-corrected chi connectivity index (χ2v) is 11.4. The largest absolute Gasteiger partial charge is 0.395 e. The first-order valence-corrected chi connectivity index (χ1v) is 13.5. The average Bonchev–Trinajstić information content (AvgIpc) is 2.84. The molecule has 0 bridgehead atoms. The lowest BCUT2D eigenvalue weighted by Crippen LogP contribution is -2.67. The quantitative estimate of drug-likeness (QED) is 0.597. The molecule has 0 aromatic heterocycles. The van der Waals surface area contributed by atoms with E-state index in [2.05, 4.69) is 41.3 Å². The Hall–Kier alpha value is -2.51. The van der Waals surface area contributed by atoms with Crippen LogP contribution in [0.15, 0.2) is 83.8 Å². The smallest absolute Gasteiger partial charge is 0.243 e. The topological polar surface area (TPSA) is 60.9 Å². The summed E-state index contributed by atoms with van der Waals surface area (Å²) >= 11 is 0. The van der Waals surface area contributed by atoms with Gasteiger partial charge in [-0.15, -0.1) is 0 Å². The van der Waals surface area contributed by atoms with E-state index in [9.17, 15) is 13.5 Å². The van der Waals surface area contributed by atoms with E-state index in [-0.39, 0.29) is 24.6 Å². The van der Waals surface area contributed by atoms with Gasteiger partial charge in [0.2, 0.25) is 10.0 Å². The number of hydrogen-bond donors (Lipinski definition) is 1. The van der Waals surface area contributed by atoms with E-state index in [1.54, 1.807) is 22.5 Å². The van der Waals surface area contributed by atoms with Gasteiger partial charge < -0.3 is 5.11 Å². The van der Waals surface area contributed by atoms with Crippen molar-refractivity contribution in [1.82, 2.24) is 9.21 Å². The fourth-order valence-electron chi connectivity index (χ4n) is 5.58. The van der Waals surface area contributed by atoms with Gasteiger partial charge in [0.1, 0.15) is 0 Å². The molecule has 0 saturated carbocycles. The number of sulfonamides is 1. The molecule has 2 fully saturated rings. The Bertz CT molecular complexity index is 1230. The van der Waals surface area contributed by atoms with E-state index in [1.165, 1.54) is 5.56 Å². The van der Waals surface area contributed by atoms with E-state index >= 15 is 0 Å². The Morgan fingerprint density at radius 3 is 2.29 bits per heavy atom. The fraction of sp³-hybridized carbons (Fsp3) is 0.357. The van der Waals surface area contributed by atoms with Gasteiger partial charge in [-0.1, -0.05) is 66.7 Å². The summed E-state index contributed by atoms with van der Waals surface area (Å²) in [6.07, 6.45) is 1.75. The van der Waals surface area contributed by atoms with Crippen LogP contribution in [0.1, 0.15) is 29.9 Å². The first-order chi connectivity index (χ1) is 16.5. The normalized spacial score (nSPS) is 24.0. The minimum absolute atomic E-state index is 0.0224. The zero-order chi connectivity index (χ0) is 23.7. The van der Waals surface area contributed by atoms with Gasteiger partial charge in [0.25, 0.3) is 0 Å². The summed E-state index contributed by atoms with van der Waals surface area (Å²) in [6, 6.07) is 26.1. The minimum atomic E-state index is -3.57. The zero-order valence-electron chi connectivity index (χ0n) is 19.5. The number of fused-ring (bicyclic) bond motifs is 1. The average molecular weight is 477 g/mol. The maximum Gasteiger partial charge on any atom is 0.243 e. The highest BCUT2D eigenvalue weighted by Crippen LogP contribution is 2.43. The Morgan fingerprint density at radius 2 is 1.59 bits per heavy atom. The Balaban J connectivity index is 1.43. The summed E-state index contributed by atoms with van der Waals surface area (Å²) in [7, 11) is -3.57. The molecular weight excluding hydrogens is 444 g/mol. The predicted molar refractivity (Wildman–Crippen MR) is 135 cm³/mol. The molecule has 2 saturated heterocycles. The van der Waals surface area contributed by atoms with Gasteiger partial charge in [0.15, 0.2) is 0 Å². The highest BCUT2D eigenvalue weighted by atomic mass is 32.2. The molecule has 3 atom stereocenters. The number of benzene rings is 3. The summed E-state index contributed by atoms with van der Waals surface area (Å²) in [5, 5.41) is 10.2. The highest BCUT2D eigenvalue weighted by molar-refractivity contribution is 7.89. The molecule has 0 spiro atoms. The fourth-order valence-corrected chi connectivity index (χ4v) is 7.18. The second kappa shape index (κ2) is 9.62. The molecule has 3 aromatic rings. The van der Waals surface area contributed by atoms with Gasteiger partial charge in [0, 0.05) is 31.1 Å². The van der Waals surface area contributed by atoms with Gasteiger partial charge in [0.05, 0.1) is 11.5 Å². The summed E-state index contributed by atoms with van der Waals surface area (Å²) in [4.78, 5) is 2.68. The number of aliphatic hydroxyl groups excluding tert-OH is 1. The van der Waals surface area contributed by atoms with E-state index < -0.39 is 10.0 Å². The van der Waals surface area contributed by atoms with Crippen molar-refractivity contribution in [3.05, 3.63) is 90.0 Å². The number of rotatable bonds is 5. The molecule has 178 valence electrons. The van der Waals surface area contributed by atoms with Crippen LogP contribution in [0.3, 0.4) is 0 Å². The first-order valence-electron chi connectivity index (χ1n) is 12.1. The van der Waals surface area contributed by atoms with E-state index in [4.69, 9.17) is 0 Å². The molecule has 0 unspecified atom stereocenters. The monoisotopic (exact) mass is 476 g/mol. The lowest BCUT2D eigenvalue weighted by molar-refractivity contribution is -0.0553. The summed E-state index contributed by atoms with van der Waals surface area (Å²) in [5.41, 5.74) is 4.43. The van der Waals surface area contributed by atoms with E-state index in [0.717, 1.165) is 36.1 Å². The van der Waals surface area contributed by atoms with Gasteiger partial charge in [-0.3, -0.25) is 4.90 Å². The van der Waals surface area contributed by atoms with Crippen molar-refractivity contribution in [3.8, 4) is 11.1 Å². The Kier molecular flexibility index (Phi) is 6.58. The van der Waals surface area contributed by atoms with Crippen LogP contribution in [0.25, 0.3) is 11.1 Å². The van der Waals surface area contributed by atoms with Gasteiger partial charge in [-0.05, 0) is 60.7 Å². The molecule has 34 heavy (non-hydrogen) atoms. The third-order valence-electron chi connectivity index (χ3n) is 7.36. The van der Waals surface area contributed by atoms with Crippen LogP contribution in [0.4, 0.5) is 0 Å². The highest BCUT2D eigenvalue weighted by Gasteiger charge is 2.50. The number of aryl methyl sites for hydroxylation is 1. The maximum atomic E-state index is 13.5. The van der Waals surface area contributed by atoms with Gasteiger partial charge in [-0.2, -0.15) is 4.31 Å². The van der Waals surface area contributed by atoms with Crippen molar-refractivity contribution >= 4 is 10.0 Å². The van der Waals surface area contributed by atoms with Crippen molar-refractivity contribution in [2.45, 2.75) is 42.7 Å². The Morgan fingerprint density at radius 1 is 0.882 bits per heavy atom. The number of hydrogen-bond acceptors (Lipinski definition) is 4. The molecule has 0 amide bonds. The van der Waals surface area contributed by atoms with Crippen molar-refractivity contribution in [2.75, 3.05) is 26.2 Å². The molecule has 0 radical (unpaired) electrons. The maximum absolute atomic E-state index is 13.5. The van der Waals surface area contributed by atoms with Crippen molar-refractivity contribution in [3.63, 3.8) is 0 Å². The van der Waals surface area contributed by atoms with Crippen LogP contribution in [0.5, 0.6) is 0 Å². The molecule has 2 heterocycles. The van der Waals surface area contributed by atoms with Crippen LogP contribution < -0.4 is 0 Å². The summed E-state index contributed by atoms with van der Waals surface area (Å²) < 4.78 is 28.7. The molecular formula is C28H32N2O3S. The standard InChI is InChI=1S/C28H32N2O3S/c1-21-8-7-11-25(18-21)34(32,33)29-16-5-6-17-30-26(19-29)28(27(30)20-31)24-14-12-23(13-15-24)22-9-3-2-4-10-22/h2-4,7-15,18,26-28,31H,5-6,16-17,19-20H2,1H3/t26-,27-,28-/m0/s1. The summed E-state index contributed by atoms with van der Waals surface area (Å²) in [6.45, 7) is 3.86. The first kappa shape index (κ1) is 23.2. The molecule has 5 rings (SSSR count). The molecule has 3 aromatic carbocycles. The van der Waals surface area contributed by atoms with Crippen molar-refractivity contribution < 1.29 is 13.5 Å². The number of aliphatic hydroxyl groups is 1. The third kappa shape index (κ3) is 4.31. The molecule has 2 aliphatic heterocycles. The third-order valence-corrected chi connectivity index (χ3v) is 9.22. The van der Waals surface area contributed by atoms with Crippen molar-refractivity contribution in [2.24, 2.45) is 0 Å². The van der Waals surface area contributed by atoms with Gasteiger partial charge in [-0.25, -0.2) is 8.42 Å². The second-order valence-electron chi connectivity index (χ2n) is 9.46. The molecule has 2 aliphatic rings. The van der Waals surface area contributed by atoms with Crippen LogP contribution in [-0.2, 0) is 10.0 Å². The van der Waals surface area contributed by atoms with Crippen LogP contribution >= 0.6 is 0 Å². The van der Waals surface area contributed by atoms with E-state index in [1.807, 2.05) is 31.2 Å². The lowest BCUT2D eigenvalue weighted by Gasteiger charge is -2.57. The predicted octanol–water partition coefficient (Wildman–Crippen LogP) is 4.28. The minimum Gasteiger partial charge on any atom is -0.395 e. The Labute approximate surface area is 202 Å². The van der Waals surface area contributed by atoms with Crippen molar-refractivity contribution in [1.29, 1.82) is 0 Å². The molecule has 0 aliphatic carbocycles. The summed E-state index contributed by atoms with van der Waals surface area (Å²) in [5.74, 6) is 0.100.